The molecule has 2 nitrogen and oxygen atoms in total. The molecule has 0 bridgehead atoms. The van der Waals surface area contributed by atoms with Crippen molar-refractivity contribution in [3.8, 4) is 5.75 Å². The Morgan fingerprint density at radius 1 is 1.33 bits per heavy atom. The van der Waals surface area contributed by atoms with E-state index >= 15 is 0 Å². The Balaban J connectivity index is 1.97. The normalized spacial score (nSPS) is 16.9. The van der Waals surface area contributed by atoms with E-state index in [-0.39, 0.29) is 0 Å². The topological polar surface area (TPSA) is 35.2 Å². The molecule has 1 saturated carbocycles. The fraction of sp³-hybridized carbons (Fsp3) is 0.500. The minimum absolute atomic E-state index is 0.605. The molecule has 82 valence electrons. The highest BCUT2D eigenvalue weighted by atomic mass is 35.5. The van der Waals surface area contributed by atoms with Crippen LogP contribution in [0.3, 0.4) is 0 Å². The number of hydrogen-bond donors (Lipinski definition) is 1. The van der Waals surface area contributed by atoms with Gasteiger partial charge in [0.1, 0.15) is 0 Å². The lowest BCUT2D eigenvalue weighted by atomic mass is 10.1. The fourth-order valence-corrected chi connectivity index (χ4v) is 2.29. The summed E-state index contributed by atoms with van der Waals surface area (Å²) in [4.78, 5) is 0. The summed E-state index contributed by atoms with van der Waals surface area (Å²) in [6, 6.07) is 5.46. The predicted molar refractivity (Wildman–Crippen MR) is 63.3 cm³/mol. The van der Waals surface area contributed by atoms with Crippen LogP contribution in [0.4, 0.5) is 5.69 Å². The van der Waals surface area contributed by atoms with Crippen LogP contribution in [0.5, 0.6) is 5.75 Å². The van der Waals surface area contributed by atoms with E-state index in [1.165, 1.54) is 25.7 Å². The van der Waals surface area contributed by atoms with Crippen molar-refractivity contribution >= 4 is 17.3 Å². The van der Waals surface area contributed by atoms with Gasteiger partial charge in [-0.15, -0.1) is 0 Å². The van der Waals surface area contributed by atoms with Gasteiger partial charge in [-0.25, -0.2) is 0 Å². The summed E-state index contributed by atoms with van der Waals surface area (Å²) in [5.41, 5.74) is 6.42. The lowest BCUT2D eigenvalue weighted by Gasteiger charge is -2.13. The molecule has 0 amide bonds. The Bertz CT molecular complexity index is 314. The van der Waals surface area contributed by atoms with Crippen LogP contribution in [0, 0.1) is 5.92 Å². The smallest absolute Gasteiger partial charge is 0.160 e. The SMILES string of the molecule is Nc1cccc(Cl)c1OCC1CCCC1. The van der Waals surface area contributed by atoms with Crippen molar-refractivity contribution in [2.45, 2.75) is 25.7 Å². The van der Waals surface area contributed by atoms with Crippen LogP contribution in [0.25, 0.3) is 0 Å². The Labute approximate surface area is 95.4 Å². The summed E-state index contributed by atoms with van der Waals surface area (Å²) in [5.74, 6) is 1.33. The van der Waals surface area contributed by atoms with Crippen LogP contribution in [0.15, 0.2) is 18.2 Å². The van der Waals surface area contributed by atoms with Crippen LogP contribution in [0.1, 0.15) is 25.7 Å². The van der Waals surface area contributed by atoms with Gasteiger partial charge >= 0.3 is 0 Å². The molecular formula is C12H16ClNO. The molecule has 1 aromatic carbocycles. The van der Waals surface area contributed by atoms with Crippen molar-refractivity contribution < 1.29 is 4.74 Å². The van der Waals surface area contributed by atoms with Crippen molar-refractivity contribution in [2.24, 2.45) is 5.92 Å². The molecule has 0 atom stereocenters. The molecule has 0 heterocycles. The largest absolute Gasteiger partial charge is 0.490 e. The van der Waals surface area contributed by atoms with Crippen molar-refractivity contribution in [1.29, 1.82) is 0 Å². The fourth-order valence-electron chi connectivity index (χ4n) is 2.06. The molecule has 3 heteroatoms. The first-order chi connectivity index (χ1) is 7.27. The van der Waals surface area contributed by atoms with E-state index in [4.69, 9.17) is 22.1 Å². The maximum atomic E-state index is 6.01. The quantitative estimate of drug-likeness (QED) is 0.800. The third-order valence-electron chi connectivity index (χ3n) is 2.94. The zero-order chi connectivity index (χ0) is 10.7. The number of halogens is 1. The Hall–Kier alpha value is -0.890. The zero-order valence-corrected chi connectivity index (χ0v) is 9.46. The third-order valence-corrected chi connectivity index (χ3v) is 3.23. The molecule has 0 saturated heterocycles. The van der Waals surface area contributed by atoms with Crippen LogP contribution in [-0.2, 0) is 0 Å². The van der Waals surface area contributed by atoms with Crippen LogP contribution >= 0.6 is 11.6 Å². The average molecular weight is 226 g/mol. The predicted octanol–water partition coefficient (Wildman–Crippen LogP) is 3.49. The number of nitrogen functional groups attached to an aromatic ring is 1. The number of benzene rings is 1. The molecule has 1 fully saturated rings. The summed E-state index contributed by atoms with van der Waals surface area (Å²) < 4.78 is 5.69. The summed E-state index contributed by atoms with van der Waals surface area (Å²) in [7, 11) is 0. The van der Waals surface area contributed by atoms with E-state index in [2.05, 4.69) is 0 Å². The summed E-state index contributed by atoms with van der Waals surface area (Å²) in [6.45, 7) is 0.744. The second-order valence-corrected chi connectivity index (χ2v) is 4.53. The monoisotopic (exact) mass is 225 g/mol. The minimum atomic E-state index is 0.605. The van der Waals surface area contributed by atoms with Gasteiger partial charge in [-0.1, -0.05) is 30.5 Å². The molecular weight excluding hydrogens is 210 g/mol. The van der Waals surface area contributed by atoms with E-state index in [1.807, 2.05) is 18.2 Å². The standard InChI is InChI=1S/C12H16ClNO/c13-10-6-3-7-11(14)12(10)15-8-9-4-1-2-5-9/h3,6-7,9H,1-2,4-5,8,14H2. The zero-order valence-electron chi connectivity index (χ0n) is 8.71. The summed E-state index contributed by atoms with van der Waals surface area (Å²) >= 11 is 6.01. The molecule has 2 N–H and O–H groups in total. The molecule has 1 aromatic rings. The van der Waals surface area contributed by atoms with E-state index in [1.54, 1.807) is 0 Å². The van der Waals surface area contributed by atoms with E-state index < -0.39 is 0 Å². The van der Waals surface area contributed by atoms with E-state index in [0.717, 1.165) is 6.61 Å². The number of nitrogens with two attached hydrogens (primary N) is 1. The third kappa shape index (κ3) is 2.57. The molecule has 15 heavy (non-hydrogen) atoms. The molecule has 1 aliphatic carbocycles. The van der Waals surface area contributed by atoms with Gasteiger partial charge in [0, 0.05) is 0 Å². The Morgan fingerprint density at radius 3 is 2.73 bits per heavy atom. The van der Waals surface area contributed by atoms with Crippen LogP contribution in [0.2, 0.25) is 5.02 Å². The van der Waals surface area contributed by atoms with Gasteiger partial charge in [0.05, 0.1) is 17.3 Å². The van der Waals surface area contributed by atoms with Gasteiger partial charge in [0.25, 0.3) is 0 Å². The second-order valence-electron chi connectivity index (χ2n) is 4.12. The van der Waals surface area contributed by atoms with Gasteiger partial charge < -0.3 is 10.5 Å². The highest BCUT2D eigenvalue weighted by Gasteiger charge is 2.16. The van der Waals surface area contributed by atoms with Gasteiger partial charge in [0.2, 0.25) is 0 Å². The number of anilines is 1. The van der Waals surface area contributed by atoms with Gasteiger partial charge in [0.15, 0.2) is 5.75 Å². The molecule has 0 aliphatic heterocycles. The summed E-state index contributed by atoms with van der Waals surface area (Å²) in [6.07, 6.45) is 5.19. The molecule has 0 radical (unpaired) electrons. The first-order valence-electron chi connectivity index (χ1n) is 5.44. The van der Waals surface area contributed by atoms with Crippen molar-refractivity contribution in [3.05, 3.63) is 23.2 Å². The Morgan fingerprint density at radius 2 is 2.07 bits per heavy atom. The van der Waals surface area contributed by atoms with Gasteiger partial charge in [-0.05, 0) is 30.9 Å². The maximum absolute atomic E-state index is 6.01. The van der Waals surface area contributed by atoms with Crippen LogP contribution < -0.4 is 10.5 Å². The van der Waals surface area contributed by atoms with Gasteiger partial charge in [-0.3, -0.25) is 0 Å². The number of hydrogen-bond acceptors (Lipinski definition) is 2. The molecule has 0 aromatic heterocycles. The maximum Gasteiger partial charge on any atom is 0.160 e. The molecule has 0 spiro atoms. The van der Waals surface area contributed by atoms with Gasteiger partial charge in [-0.2, -0.15) is 0 Å². The molecule has 2 rings (SSSR count). The first-order valence-corrected chi connectivity index (χ1v) is 5.82. The lowest BCUT2D eigenvalue weighted by molar-refractivity contribution is 0.253. The van der Waals surface area contributed by atoms with Crippen molar-refractivity contribution in [2.75, 3.05) is 12.3 Å². The van der Waals surface area contributed by atoms with Crippen molar-refractivity contribution in [1.82, 2.24) is 0 Å². The second kappa shape index (κ2) is 4.75. The highest BCUT2D eigenvalue weighted by Crippen LogP contribution is 2.32. The lowest BCUT2D eigenvalue weighted by Crippen LogP contribution is -2.09. The summed E-state index contributed by atoms with van der Waals surface area (Å²) in [5, 5.41) is 0.605. The average Bonchev–Trinajstić information content (AvgIpc) is 2.70. The highest BCUT2D eigenvalue weighted by molar-refractivity contribution is 6.32. The number of rotatable bonds is 3. The van der Waals surface area contributed by atoms with E-state index in [0.29, 0.717) is 22.4 Å². The van der Waals surface area contributed by atoms with Crippen molar-refractivity contribution in [3.63, 3.8) is 0 Å². The van der Waals surface area contributed by atoms with E-state index in [9.17, 15) is 0 Å². The minimum Gasteiger partial charge on any atom is -0.490 e. The molecule has 0 unspecified atom stereocenters. The van der Waals surface area contributed by atoms with Crippen LogP contribution in [-0.4, -0.2) is 6.61 Å². The first kappa shape index (κ1) is 10.6. The molecule has 1 aliphatic rings. The number of ether oxygens (including phenoxy) is 1. The number of para-hydroxylation sites is 1. The Kier molecular flexibility index (Phi) is 3.37.